The number of sulfonamides is 1. The average molecular weight is 456 g/mol. The number of carbonyl (C=O) groups is 2. The molecule has 2 amide bonds. The van der Waals surface area contributed by atoms with Gasteiger partial charge in [-0.15, -0.1) is 0 Å². The van der Waals surface area contributed by atoms with E-state index in [4.69, 9.17) is 16.7 Å². The molecule has 156 valence electrons. The highest BCUT2D eigenvalue weighted by atomic mass is 35.5. The Morgan fingerprint density at radius 3 is 2.55 bits per heavy atom. The first-order chi connectivity index (χ1) is 13.7. The lowest BCUT2D eigenvalue weighted by Crippen LogP contribution is -2.44. The standard InChI is InChI=1S/C19H22ClN3O4S2/c1-28-10-9-17(23-18(24)15-7-2-3-8-16(15)20)19(25)22-14-6-4-5-13(11-14)12-29(21,26)27/h2-8,11,17H,9-10,12H2,1H3,(H,22,25)(H,23,24)(H2,21,26,27)/t17-/m0/s1. The van der Waals surface area contributed by atoms with Crippen molar-refractivity contribution in [3.05, 3.63) is 64.7 Å². The first kappa shape index (κ1) is 23.2. The van der Waals surface area contributed by atoms with Crippen LogP contribution >= 0.6 is 23.4 Å². The summed E-state index contributed by atoms with van der Waals surface area (Å²) in [6.45, 7) is 0. The summed E-state index contributed by atoms with van der Waals surface area (Å²) in [5.41, 5.74) is 1.15. The fourth-order valence-corrected chi connectivity index (χ4v) is 3.92. The Balaban J connectivity index is 2.13. The molecular weight excluding hydrogens is 434 g/mol. The molecule has 2 aromatic rings. The fraction of sp³-hybridized carbons (Fsp3) is 0.263. The quantitative estimate of drug-likeness (QED) is 0.537. The number of halogens is 1. The summed E-state index contributed by atoms with van der Waals surface area (Å²) in [6.07, 6.45) is 2.32. The van der Waals surface area contributed by atoms with E-state index in [9.17, 15) is 18.0 Å². The molecule has 0 aliphatic carbocycles. The Labute approximate surface area is 179 Å². The third kappa shape index (κ3) is 7.69. The Kier molecular flexibility index (Phi) is 8.51. The molecule has 0 radical (unpaired) electrons. The molecule has 0 aromatic heterocycles. The van der Waals surface area contributed by atoms with E-state index in [1.165, 1.54) is 6.07 Å². The minimum atomic E-state index is -3.69. The van der Waals surface area contributed by atoms with E-state index in [0.29, 0.717) is 28.4 Å². The number of nitrogens with two attached hydrogens (primary N) is 1. The lowest BCUT2D eigenvalue weighted by atomic mass is 10.1. The number of carbonyl (C=O) groups excluding carboxylic acids is 2. The van der Waals surface area contributed by atoms with Crippen molar-refractivity contribution in [3.63, 3.8) is 0 Å². The minimum Gasteiger partial charge on any atom is -0.340 e. The van der Waals surface area contributed by atoms with Crippen molar-refractivity contribution in [2.45, 2.75) is 18.2 Å². The van der Waals surface area contributed by atoms with Gasteiger partial charge < -0.3 is 10.6 Å². The summed E-state index contributed by atoms with van der Waals surface area (Å²) in [7, 11) is -3.69. The second kappa shape index (κ2) is 10.6. The van der Waals surface area contributed by atoms with Crippen LogP contribution in [0.2, 0.25) is 5.02 Å². The van der Waals surface area contributed by atoms with Crippen LogP contribution in [0.4, 0.5) is 5.69 Å². The van der Waals surface area contributed by atoms with E-state index in [1.54, 1.807) is 54.2 Å². The van der Waals surface area contributed by atoms with Crippen LogP contribution in [0.3, 0.4) is 0 Å². The molecule has 4 N–H and O–H groups in total. The van der Waals surface area contributed by atoms with Crippen LogP contribution in [0.1, 0.15) is 22.3 Å². The zero-order valence-electron chi connectivity index (χ0n) is 15.7. The molecule has 0 unspecified atom stereocenters. The van der Waals surface area contributed by atoms with Crippen LogP contribution < -0.4 is 15.8 Å². The highest BCUT2D eigenvalue weighted by Crippen LogP contribution is 2.16. The van der Waals surface area contributed by atoms with Gasteiger partial charge in [-0.25, -0.2) is 13.6 Å². The summed E-state index contributed by atoms with van der Waals surface area (Å²) in [5.74, 6) is -0.533. The van der Waals surface area contributed by atoms with Gasteiger partial charge in [-0.2, -0.15) is 11.8 Å². The van der Waals surface area contributed by atoms with Gasteiger partial charge in [-0.05, 0) is 48.3 Å². The summed E-state index contributed by atoms with van der Waals surface area (Å²) >= 11 is 7.61. The molecule has 7 nitrogen and oxygen atoms in total. The largest absolute Gasteiger partial charge is 0.340 e. The molecule has 0 saturated heterocycles. The number of nitrogens with one attached hydrogen (secondary N) is 2. The monoisotopic (exact) mass is 455 g/mol. The second-order valence-electron chi connectivity index (χ2n) is 6.28. The molecule has 0 aliphatic rings. The summed E-state index contributed by atoms with van der Waals surface area (Å²) < 4.78 is 22.5. The van der Waals surface area contributed by atoms with Crippen molar-refractivity contribution in [2.24, 2.45) is 5.14 Å². The Morgan fingerprint density at radius 1 is 1.17 bits per heavy atom. The van der Waals surface area contributed by atoms with Gasteiger partial charge in [0.05, 0.1) is 16.3 Å². The zero-order valence-corrected chi connectivity index (χ0v) is 18.1. The molecule has 2 rings (SSSR count). The average Bonchev–Trinajstić information content (AvgIpc) is 2.64. The van der Waals surface area contributed by atoms with Crippen LogP contribution in [0.25, 0.3) is 0 Å². The maximum Gasteiger partial charge on any atom is 0.253 e. The Bertz CT molecular complexity index is 983. The van der Waals surface area contributed by atoms with Gasteiger partial charge in [0.2, 0.25) is 15.9 Å². The lowest BCUT2D eigenvalue weighted by molar-refractivity contribution is -0.118. The maximum atomic E-state index is 12.8. The number of rotatable bonds is 9. The van der Waals surface area contributed by atoms with Gasteiger partial charge in [0.15, 0.2) is 0 Å². The van der Waals surface area contributed by atoms with Crippen molar-refractivity contribution in [1.29, 1.82) is 0 Å². The van der Waals surface area contributed by atoms with Crippen LogP contribution in [0.5, 0.6) is 0 Å². The molecule has 0 fully saturated rings. The van der Waals surface area contributed by atoms with E-state index in [0.717, 1.165) is 0 Å². The first-order valence-corrected chi connectivity index (χ1v) is 12.1. The van der Waals surface area contributed by atoms with E-state index in [-0.39, 0.29) is 11.3 Å². The number of hydrogen-bond donors (Lipinski definition) is 3. The van der Waals surface area contributed by atoms with Gasteiger partial charge >= 0.3 is 0 Å². The lowest BCUT2D eigenvalue weighted by Gasteiger charge is -2.19. The molecular formula is C19H22ClN3O4S2. The predicted octanol–water partition coefficient (Wildman–Crippen LogP) is 2.62. The van der Waals surface area contributed by atoms with Crippen molar-refractivity contribution in [1.82, 2.24) is 5.32 Å². The number of primary sulfonamides is 1. The highest BCUT2D eigenvalue weighted by molar-refractivity contribution is 7.98. The zero-order chi connectivity index (χ0) is 21.4. The van der Waals surface area contributed by atoms with Crippen molar-refractivity contribution in [3.8, 4) is 0 Å². The van der Waals surface area contributed by atoms with E-state index >= 15 is 0 Å². The van der Waals surface area contributed by atoms with Gasteiger partial charge in [0.25, 0.3) is 5.91 Å². The van der Waals surface area contributed by atoms with Crippen molar-refractivity contribution >= 4 is 50.9 Å². The fourth-order valence-electron chi connectivity index (χ4n) is 2.59. The van der Waals surface area contributed by atoms with Crippen molar-refractivity contribution < 1.29 is 18.0 Å². The van der Waals surface area contributed by atoms with E-state index in [2.05, 4.69) is 10.6 Å². The number of anilines is 1. The van der Waals surface area contributed by atoms with E-state index < -0.39 is 27.9 Å². The third-order valence-electron chi connectivity index (χ3n) is 3.91. The SMILES string of the molecule is CSCC[C@H](NC(=O)c1ccccc1Cl)C(=O)Nc1cccc(CS(N)(=O)=O)c1. The molecule has 0 spiro atoms. The van der Waals surface area contributed by atoms with Gasteiger partial charge in [0, 0.05) is 5.69 Å². The molecule has 0 saturated carbocycles. The maximum absolute atomic E-state index is 12.8. The molecule has 0 heterocycles. The number of hydrogen-bond acceptors (Lipinski definition) is 5. The van der Waals surface area contributed by atoms with Gasteiger partial charge in [-0.3, -0.25) is 9.59 Å². The van der Waals surface area contributed by atoms with Gasteiger partial charge in [-0.1, -0.05) is 35.9 Å². The predicted molar refractivity (Wildman–Crippen MR) is 118 cm³/mol. The smallest absolute Gasteiger partial charge is 0.253 e. The number of benzene rings is 2. The minimum absolute atomic E-state index is 0.284. The third-order valence-corrected chi connectivity index (χ3v) is 5.62. The van der Waals surface area contributed by atoms with E-state index in [1.807, 2.05) is 6.26 Å². The molecule has 2 aromatic carbocycles. The van der Waals surface area contributed by atoms with Gasteiger partial charge in [0.1, 0.15) is 6.04 Å². The summed E-state index contributed by atoms with van der Waals surface area (Å²) in [4.78, 5) is 25.3. The Morgan fingerprint density at radius 2 is 1.90 bits per heavy atom. The topological polar surface area (TPSA) is 118 Å². The first-order valence-electron chi connectivity index (χ1n) is 8.64. The summed E-state index contributed by atoms with van der Waals surface area (Å²) in [6, 6.07) is 12.2. The normalized spacial score (nSPS) is 12.2. The molecule has 1 atom stereocenters. The molecule has 10 heteroatoms. The van der Waals surface area contributed by atoms with Crippen molar-refractivity contribution in [2.75, 3.05) is 17.3 Å². The van der Waals surface area contributed by atoms with Crippen LogP contribution in [-0.2, 0) is 20.6 Å². The highest BCUT2D eigenvalue weighted by Gasteiger charge is 2.22. The van der Waals surface area contributed by atoms with Crippen LogP contribution in [0.15, 0.2) is 48.5 Å². The second-order valence-corrected chi connectivity index (χ2v) is 9.29. The van der Waals surface area contributed by atoms with Crippen LogP contribution in [0, 0.1) is 0 Å². The number of amides is 2. The molecule has 0 aliphatic heterocycles. The Hall–Kier alpha value is -2.07. The van der Waals surface area contributed by atoms with Crippen LogP contribution in [-0.4, -0.2) is 38.3 Å². The summed E-state index contributed by atoms with van der Waals surface area (Å²) in [5, 5.41) is 10.8. The number of thioether (sulfide) groups is 1. The molecule has 0 bridgehead atoms. The molecule has 29 heavy (non-hydrogen) atoms.